The van der Waals surface area contributed by atoms with Gasteiger partial charge in [-0.15, -0.1) is 0 Å². The monoisotopic (exact) mass is 338 g/mol. The molecule has 106 valence electrons. The maximum atomic E-state index is 13.8. The van der Waals surface area contributed by atoms with Crippen LogP contribution in [0.25, 0.3) is 0 Å². The van der Waals surface area contributed by atoms with E-state index >= 15 is 0 Å². The molecule has 0 unspecified atom stereocenters. The number of hydrogen-bond acceptors (Lipinski definition) is 4. The fourth-order valence-electron chi connectivity index (χ4n) is 1.72. The van der Waals surface area contributed by atoms with Crippen LogP contribution in [0, 0.1) is 5.82 Å². The average Bonchev–Trinajstić information content (AvgIpc) is 2.42. The van der Waals surface area contributed by atoms with Gasteiger partial charge in [0.2, 0.25) is 0 Å². The molecule has 0 amide bonds. The first-order valence-electron chi connectivity index (χ1n) is 6.46. The first kappa shape index (κ1) is 14.7. The second-order valence-corrected chi connectivity index (χ2v) is 5.10. The van der Waals surface area contributed by atoms with Gasteiger partial charge in [0.25, 0.3) is 0 Å². The van der Waals surface area contributed by atoms with Crippen LogP contribution < -0.4 is 10.6 Å². The van der Waals surface area contributed by atoms with Crippen LogP contribution in [0.4, 0.5) is 21.7 Å². The third kappa shape index (κ3) is 3.66. The number of anilines is 3. The highest BCUT2D eigenvalue weighted by atomic mass is 79.9. The third-order valence-corrected chi connectivity index (χ3v) is 3.13. The molecule has 0 saturated heterocycles. The van der Waals surface area contributed by atoms with Gasteiger partial charge in [0.05, 0.1) is 5.69 Å². The second kappa shape index (κ2) is 6.65. The number of nitrogens with zero attached hydrogens (tertiary/aromatic N) is 2. The van der Waals surface area contributed by atoms with Crippen molar-refractivity contribution in [1.29, 1.82) is 0 Å². The molecule has 20 heavy (non-hydrogen) atoms. The van der Waals surface area contributed by atoms with Crippen LogP contribution in [0.15, 0.2) is 28.7 Å². The normalized spacial score (nSPS) is 10.4. The Morgan fingerprint density at radius 2 is 1.90 bits per heavy atom. The van der Waals surface area contributed by atoms with Crippen LogP contribution in [0.5, 0.6) is 0 Å². The van der Waals surface area contributed by atoms with E-state index in [2.05, 4.69) is 36.5 Å². The highest BCUT2D eigenvalue weighted by Crippen LogP contribution is 2.23. The summed E-state index contributed by atoms with van der Waals surface area (Å²) >= 11 is 3.23. The minimum absolute atomic E-state index is 0.332. The Kier molecular flexibility index (Phi) is 4.89. The third-order valence-electron chi connectivity index (χ3n) is 2.64. The Morgan fingerprint density at radius 1 is 1.15 bits per heavy atom. The highest BCUT2D eigenvalue weighted by molar-refractivity contribution is 9.10. The number of benzene rings is 1. The molecule has 0 radical (unpaired) electrons. The molecular weight excluding hydrogens is 323 g/mol. The summed E-state index contributed by atoms with van der Waals surface area (Å²) in [6.45, 7) is 4.75. The van der Waals surface area contributed by atoms with Gasteiger partial charge >= 0.3 is 0 Å². The lowest BCUT2D eigenvalue weighted by Gasteiger charge is -2.10. The molecule has 2 rings (SSSR count). The molecule has 0 spiro atoms. The Labute approximate surface area is 126 Å². The molecule has 0 atom stereocenters. The standard InChI is InChI=1S/C14H16BrFN4/c1-3-12-19-13(17-4-2)8-14(20-12)18-11-6-5-9(15)7-10(11)16/h5-8H,3-4H2,1-2H3,(H2,17,18,19,20). The lowest BCUT2D eigenvalue weighted by atomic mass is 10.3. The van der Waals surface area contributed by atoms with Gasteiger partial charge in [-0.1, -0.05) is 22.9 Å². The van der Waals surface area contributed by atoms with Crippen molar-refractivity contribution in [3.8, 4) is 0 Å². The summed E-state index contributed by atoms with van der Waals surface area (Å²) in [6.07, 6.45) is 0.719. The number of hydrogen-bond donors (Lipinski definition) is 2. The maximum absolute atomic E-state index is 13.8. The molecule has 0 bridgehead atoms. The summed E-state index contributed by atoms with van der Waals surface area (Å²) in [5, 5.41) is 6.13. The van der Waals surface area contributed by atoms with E-state index in [1.54, 1.807) is 18.2 Å². The quantitative estimate of drug-likeness (QED) is 0.861. The number of aryl methyl sites for hydroxylation is 1. The van der Waals surface area contributed by atoms with Gasteiger partial charge in [-0.05, 0) is 25.1 Å². The van der Waals surface area contributed by atoms with Crippen LogP contribution in [0.2, 0.25) is 0 Å². The summed E-state index contributed by atoms with van der Waals surface area (Å²) in [6, 6.07) is 6.62. The molecule has 0 aliphatic carbocycles. The number of aromatic nitrogens is 2. The zero-order valence-electron chi connectivity index (χ0n) is 11.4. The van der Waals surface area contributed by atoms with E-state index in [1.807, 2.05) is 13.8 Å². The SMILES string of the molecule is CCNc1cc(Nc2ccc(Br)cc2F)nc(CC)n1. The topological polar surface area (TPSA) is 49.8 Å². The van der Waals surface area contributed by atoms with E-state index in [4.69, 9.17) is 0 Å². The van der Waals surface area contributed by atoms with Crippen molar-refractivity contribution in [3.63, 3.8) is 0 Å². The predicted molar refractivity (Wildman–Crippen MR) is 83.0 cm³/mol. The average molecular weight is 339 g/mol. The zero-order chi connectivity index (χ0) is 14.5. The molecule has 1 heterocycles. The van der Waals surface area contributed by atoms with Crippen molar-refractivity contribution in [2.24, 2.45) is 0 Å². The van der Waals surface area contributed by atoms with Crippen molar-refractivity contribution in [2.45, 2.75) is 20.3 Å². The molecule has 0 aliphatic heterocycles. The zero-order valence-corrected chi connectivity index (χ0v) is 13.0. The van der Waals surface area contributed by atoms with Gasteiger partial charge < -0.3 is 10.6 Å². The van der Waals surface area contributed by atoms with Gasteiger partial charge in [-0.25, -0.2) is 14.4 Å². The molecule has 1 aromatic carbocycles. The molecular formula is C14H16BrFN4. The largest absolute Gasteiger partial charge is 0.370 e. The summed E-state index contributed by atoms with van der Waals surface area (Å²) < 4.78 is 14.5. The summed E-state index contributed by atoms with van der Waals surface area (Å²) in [4.78, 5) is 8.71. The fourth-order valence-corrected chi connectivity index (χ4v) is 2.05. The molecule has 2 aromatic rings. The van der Waals surface area contributed by atoms with Crippen molar-refractivity contribution >= 4 is 33.3 Å². The minimum atomic E-state index is -0.332. The minimum Gasteiger partial charge on any atom is -0.370 e. The predicted octanol–water partition coefficient (Wildman–Crippen LogP) is 4.12. The van der Waals surface area contributed by atoms with Crippen LogP contribution in [-0.4, -0.2) is 16.5 Å². The van der Waals surface area contributed by atoms with Crippen molar-refractivity contribution in [1.82, 2.24) is 9.97 Å². The van der Waals surface area contributed by atoms with Gasteiger partial charge in [0.1, 0.15) is 23.3 Å². The first-order chi connectivity index (χ1) is 9.62. The van der Waals surface area contributed by atoms with E-state index in [0.29, 0.717) is 21.8 Å². The smallest absolute Gasteiger partial charge is 0.147 e. The van der Waals surface area contributed by atoms with E-state index < -0.39 is 0 Å². The summed E-state index contributed by atoms with van der Waals surface area (Å²) in [5.41, 5.74) is 0.386. The number of rotatable bonds is 5. The van der Waals surface area contributed by atoms with Gasteiger partial charge in [0, 0.05) is 23.5 Å². The molecule has 4 nitrogen and oxygen atoms in total. The van der Waals surface area contributed by atoms with E-state index in [0.717, 1.165) is 18.8 Å². The first-order valence-corrected chi connectivity index (χ1v) is 7.25. The van der Waals surface area contributed by atoms with Gasteiger partial charge in [-0.2, -0.15) is 0 Å². The van der Waals surface area contributed by atoms with Crippen LogP contribution >= 0.6 is 15.9 Å². The number of nitrogens with one attached hydrogen (secondary N) is 2. The van der Waals surface area contributed by atoms with E-state index in [-0.39, 0.29) is 5.82 Å². The molecule has 1 aromatic heterocycles. The maximum Gasteiger partial charge on any atom is 0.147 e. The lowest BCUT2D eigenvalue weighted by molar-refractivity contribution is 0.631. The molecule has 0 saturated carbocycles. The van der Waals surface area contributed by atoms with E-state index in [1.165, 1.54) is 6.07 Å². The fraction of sp³-hybridized carbons (Fsp3) is 0.286. The molecule has 2 N–H and O–H groups in total. The van der Waals surface area contributed by atoms with E-state index in [9.17, 15) is 4.39 Å². The van der Waals surface area contributed by atoms with Gasteiger partial charge in [0.15, 0.2) is 0 Å². The molecule has 6 heteroatoms. The molecule has 0 fully saturated rings. The Balaban J connectivity index is 2.29. The Bertz CT molecular complexity index is 604. The van der Waals surface area contributed by atoms with Crippen LogP contribution in [0.1, 0.15) is 19.7 Å². The Morgan fingerprint density at radius 3 is 2.55 bits per heavy atom. The van der Waals surface area contributed by atoms with Gasteiger partial charge in [-0.3, -0.25) is 0 Å². The lowest BCUT2D eigenvalue weighted by Crippen LogP contribution is -2.06. The molecule has 0 aliphatic rings. The van der Waals surface area contributed by atoms with Crippen molar-refractivity contribution in [3.05, 3.63) is 40.4 Å². The Hall–Kier alpha value is -1.69. The number of halogens is 2. The summed E-state index contributed by atoms with van der Waals surface area (Å²) in [5.74, 6) is 1.69. The summed E-state index contributed by atoms with van der Waals surface area (Å²) in [7, 11) is 0. The van der Waals surface area contributed by atoms with Crippen molar-refractivity contribution in [2.75, 3.05) is 17.2 Å². The van der Waals surface area contributed by atoms with Crippen LogP contribution in [-0.2, 0) is 6.42 Å². The highest BCUT2D eigenvalue weighted by Gasteiger charge is 2.07. The second-order valence-electron chi connectivity index (χ2n) is 4.19. The van der Waals surface area contributed by atoms with Crippen LogP contribution in [0.3, 0.4) is 0 Å². The van der Waals surface area contributed by atoms with Crippen molar-refractivity contribution < 1.29 is 4.39 Å².